The van der Waals surface area contributed by atoms with Gasteiger partial charge in [-0.05, 0) is 24.0 Å². The van der Waals surface area contributed by atoms with E-state index in [0.29, 0.717) is 17.5 Å². The topological polar surface area (TPSA) is 46.2 Å². The molecule has 1 aromatic rings. The van der Waals surface area contributed by atoms with Crippen LogP contribution in [0.4, 0.5) is 0 Å². The molecule has 0 aliphatic heterocycles. The summed E-state index contributed by atoms with van der Waals surface area (Å²) in [6.07, 6.45) is 2.98. The Labute approximate surface area is 101 Å². The molecule has 0 spiro atoms. The summed E-state index contributed by atoms with van der Waals surface area (Å²) in [5.41, 5.74) is 6.72. The Morgan fingerprint density at radius 3 is 2.62 bits per heavy atom. The Morgan fingerprint density at radius 1 is 1.38 bits per heavy atom. The van der Waals surface area contributed by atoms with Crippen LogP contribution in [0.25, 0.3) is 0 Å². The van der Waals surface area contributed by atoms with Crippen LogP contribution < -0.4 is 5.73 Å². The summed E-state index contributed by atoms with van der Waals surface area (Å²) in [6.45, 7) is 0.442. The Hall–Kier alpha value is -0.570. The van der Waals surface area contributed by atoms with Gasteiger partial charge >= 0.3 is 0 Å². The van der Waals surface area contributed by atoms with Crippen LogP contribution >= 0.6 is 11.6 Å². The number of aliphatic hydroxyl groups excluding tert-OH is 1. The zero-order valence-electron chi connectivity index (χ0n) is 9.27. The first-order chi connectivity index (χ1) is 7.72. The van der Waals surface area contributed by atoms with Gasteiger partial charge in [-0.3, -0.25) is 0 Å². The van der Waals surface area contributed by atoms with Crippen LogP contribution in [0, 0.1) is 5.92 Å². The van der Waals surface area contributed by atoms with Crippen molar-refractivity contribution >= 4 is 11.6 Å². The lowest BCUT2D eigenvalue weighted by Gasteiger charge is -2.22. The summed E-state index contributed by atoms with van der Waals surface area (Å²) in [7, 11) is 0. The Balaban J connectivity index is 2.11. The van der Waals surface area contributed by atoms with Gasteiger partial charge in [0, 0.05) is 17.5 Å². The third kappa shape index (κ3) is 2.76. The monoisotopic (exact) mass is 239 g/mol. The quantitative estimate of drug-likeness (QED) is 0.830. The molecular formula is C13H18ClNO. The average Bonchev–Trinajstić information content (AvgIpc) is 3.06. The summed E-state index contributed by atoms with van der Waals surface area (Å²) >= 11 is 6.13. The van der Waals surface area contributed by atoms with Gasteiger partial charge in [0.25, 0.3) is 0 Å². The molecule has 0 bridgehead atoms. The molecule has 0 heterocycles. The largest absolute Gasteiger partial charge is 0.392 e. The first-order valence-electron chi connectivity index (χ1n) is 5.85. The lowest BCUT2D eigenvalue weighted by atomic mass is 9.90. The number of rotatable bonds is 5. The Morgan fingerprint density at radius 2 is 2.06 bits per heavy atom. The third-order valence-corrected chi connectivity index (χ3v) is 3.64. The van der Waals surface area contributed by atoms with Crippen molar-refractivity contribution in [3.63, 3.8) is 0 Å². The summed E-state index contributed by atoms with van der Waals surface area (Å²) in [5.74, 6) is 0.667. The van der Waals surface area contributed by atoms with Crippen molar-refractivity contribution in [2.45, 2.75) is 31.3 Å². The van der Waals surface area contributed by atoms with E-state index in [1.165, 1.54) is 12.8 Å². The smallest absolute Gasteiger partial charge is 0.0624 e. The highest BCUT2D eigenvalue weighted by atomic mass is 35.5. The number of hydrogen-bond acceptors (Lipinski definition) is 2. The van der Waals surface area contributed by atoms with Gasteiger partial charge in [0.05, 0.1) is 6.10 Å². The zero-order chi connectivity index (χ0) is 11.5. The maximum Gasteiger partial charge on any atom is 0.0624 e. The molecule has 3 N–H and O–H groups in total. The molecule has 2 atom stereocenters. The molecule has 0 amide bonds. The minimum atomic E-state index is -0.364. The van der Waals surface area contributed by atoms with Crippen LogP contribution in [0.5, 0.6) is 0 Å². The second-order valence-corrected chi connectivity index (χ2v) is 5.02. The van der Waals surface area contributed by atoms with Gasteiger partial charge in [0.1, 0.15) is 0 Å². The number of halogens is 1. The molecule has 1 saturated carbocycles. The van der Waals surface area contributed by atoms with Crippen LogP contribution in [0.1, 0.15) is 30.7 Å². The van der Waals surface area contributed by atoms with Gasteiger partial charge in [0.15, 0.2) is 0 Å². The summed E-state index contributed by atoms with van der Waals surface area (Å²) in [6, 6.07) is 7.64. The molecule has 1 aliphatic rings. The van der Waals surface area contributed by atoms with Crippen molar-refractivity contribution in [3.8, 4) is 0 Å². The molecule has 1 fully saturated rings. The van der Waals surface area contributed by atoms with Gasteiger partial charge in [-0.1, -0.05) is 42.6 Å². The highest BCUT2D eigenvalue weighted by Crippen LogP contribution is 2.37. The van der Waals surface area contributed by atoms with Gasteiger partial charge in [-0.25, -0.2) is 0 Å². The maximum absolute atomic E-state index is 10.2. The molecule has 0 saturated heterocycles. The number of aliphatic hydroxyl groups is 1. The summed E-state index contributed by atoms with van der Waals surface area (Å²) < 4.78 is 0. The van der Waals surface area contributed by atoms with E-state index in [0.717, 1.165) is 12.0 Å². The van der Waals surface area contributed by atoms with Gasteiger partial charge in [0.2, 0.25) is 0 Å². The average molecular weight is 240 g/mol. The molecular weight excluding hydrogens is 222 g/mol. The fraction of sp³-hybridized carbons (Fsp3) is 0.538. The van der Waals surface area contributed by atoms with Gasteiger partial charge in [-0.2, -0.15) is 0 Å². The Bertz CT molecular complexity index is 352. The highest BCUT2D eigenvalue weighted by Gasteiger charge is 2.29. The molecule has 3 heteroatoms. The van der Waals surface area contributed by atoms with Crippen LogP contribution in [0.2, 0.25) is 5.02 Å². The van der Waals surface area contributed by atoms with Crippen LogP contribution in [-0.4, -0.2) is 17.8 Å². The molecule has 88 valence electrons. The van der Waals surface area contributed by atoms with Crippen LogP contribution in [0.3, 0.4) is 0 Å². The molecule has 1 aromatic carbocycles. The van der Waals surface area contributed by atoms with Gasteiger partial charge < -0.3 is 10.8 Å². The second kappa shape index (κ2) is 5.17. The van der Waals surface area contributed by atoms with Crippen LogP contribution in [-0.2, 0) is 0 Å². The fourth-order valence-corrected chi connectivity index (χ4v) is 2.40. The molecule has 2 nitrogen and oxygen atoms in total. The fourth-order valence-electron chi connectivity index (χ4n) is 2.13. The lowest BCUT2D eigenvalue weighted by molar-refractivity contribution is 0.129. The van der Waals surface area contributed by atoms with E-state index in [1.807, 2.05) is 24.3 Å². The van der Waals surface area contributed by atoms with E-state index < -0.39 is 0 Å². The summed E-state index contributed by atoms with van der Waals surface area (Å²) in [4.78, 5) is 0. The van der Waals surface area contributed by atoms with E-state index in [4.69, 9.17) is 17.3 Å². The van der Waals surface area contributed by atoms with Crippen molar-refractivity contribution in [2.24, 2.45) is 11.7 Å². The zero-order valence-corrected chi connectivity index (χ0v) is 10.0. The van der Waals surface area contributed by atoms with E-state index in [-0.39, 0.29) is 12.0 Å². The SMILES string of the molecule is NCC(c1ccccc1Cl)C(O)CC1CC1. The number of hydrogen-bond donors (Lipinski definition) is 2. The first kappa shape index (κ1) is 11.9. The van der Waals surface area contributed by atoms with E-state index in [9.17, 15) is 5.11 Å². The highest BCUT2D eigenvalue weighted by molar-refractivity contribution is 6.31. The van der Waals surface area contributed by atoms with Crippen LogP contribution in [0.15, 0.2) is 24.3 Å². The first-order valence-corrected chi connectivity index (χ1v) is 6.22. The maximum atomic E-state index is 10.2. The number of nitrogens with two attached hydrogens (primary N) is 1. The van der Waals surface area contributed by atoms with Gasteiger partial charge in [-0.15, -0.1) is 0 Å². The molecule has 0 radical (unpaired) electrons. The standard InChI is InChI=1S/C13H18ClNO/c14-12-4-2-1-3-10(12)11(8-15)13(16)7-9-5-6-9/h1-4,9,11,13,16H,5-8,15H2. The third-order valence-electron chi connectivity index (χ3n) is 3.29. The molecule has 2 rings (SSSR count). The Kier molecular flexibility index (Phi) is 3.85. The normalized spacial score (nSPS) is 19.4. The lowest BCUT2D eigenvalue weighted by Crippen LogP contribution is -2.26. The molecule has 0 aromatic heterocycles. The summed E-state index contributed by atoms with van der Waals surface area (Å²) in [5, 5.41) is 10.9. The van der Waals surface area contributed by atoms with Crippen molar-refractivity contribution < 1.29 is 5.11 Å². The molecule has 2 unspecified atom stereocenters. The van der Waals surface area contributed by atoms with Crippen molar-refractivity contribution in [3.05, 3.63) is 34.9 Å². The number of benzene rings is 1. The van der Waals surface area contributed by atoms with E-state index in [2.05, 4.69) is 0 Å². The molecule has 1 aliphatic carbocycles. The predicted octanol–water partition coefficient (Wildman–Crippen LogP) is 2.54. The second-order valence-electron chi connectivity index (χ2n) is 4.61. The van der Waals surface area contributed by atoms with Crippen molar-refractivity contribution in [2.75, 3.05) is 6.54 Å². The molecule has 16 heavy (non-hydrogen) atoms. The minimum absolute atomic E-state index is 0.0331. The minimum Gasteiger partial charge on any atom is -0.392 e. The van der Waals surface area contributed by atoms with E-state index >= 15 is 0 Å². The van der Waals surface area contributed by atoms with Crippen molar-refractivity contribution in [1.29, 1.82) is 0 Å². The predicted molar refractivity (Wildman–Crippen MR) is 66.6 cm³/mol. The van der Waals surface area contributed by atoms with E-state index in [1.54, 1.807) is 0 Å². The van der Waals surface area contributed by atoms with Crippen molar-refractivity contribution in [1.82, 2.24) is 0 Å².